The molecule has 0 saturated carbocycles. The summed E-state index contributed by atoms with van der Waals surface area (Å²) in [5.41, 5.74) is -0.400. The van der Waals surface area contributed by atoms with Crippen LogP contribution in [0.1, 0.15) is 17.5 Å². The van der Waals surface area contributed by atoms with Gasteiger partial charge in [-0.25, -0.2) is 22.6 Å². The second-order valence-electron chi connectivity index (χ2n) is 7.47. The van der Waals surface area contributed by atoms with Crippen LogP contribution in [0.25, 0.3) is 11.8 Å². The Bertz CT molecular complexity index is 1470. The number of nitrogens with zero attached hydrogens (tertiary/aromatic N) is 2. The van der Waals surface area contributed by atoms with Crippen LogP contribution in [0.3, 0.4) is 0 Å². The number of carbonyl (C=O) groups excluding carboxylic acids is 1. The Labute approximate surface area is 189 Å². The number of aryl methyl sites for hydroxylation is 1. The maximum Gasteiger partial charge on any atom is 0.334 e. The molecule has 170 valence electrons. The number of hydrogen-bond acceptors (Lipinski definition) is 6. The second-order valence-corrected chi connectivity index (χ2v) is 9.33. The first-order valence-electron chi connectivity index (χ1n) is 10.1. The molecule has 1 aliphatic rings. The molecule has 0 unspecified atom stereocenters. The topological polar surface area (TPSA) is 119 Å². The van der Waals surface area contributed by atoms with Crippen molar-refractivity contribution in [2.45, 2.75) is 18.2 Å². The molecule has 9 nitrogen and oxygen atoms in total. The minimum Gasteiger partial charge on any atom is -0.466 e. The average molecular weight is 468 g/mol. The first kappa shape index (κ1) is 22.3. The summed E-state index contributed by atoms with van der Waals surface area (Å²) in [5.74, 6) is -0.885. The number of sulfonamides is 1. The third-order valence-electron chi connectivity index (χ3n) is 5.34. The largest absolute Gasteiger partial charge is 0.466 e. The standard InChI is InChI=1S/C23H21N3O6S/c1-15-8-10-18(11-9-15)33(30,31)25-13-12-16(22(28)32-2)14-19-20(25)24-23(29)26(21(19)27)17-6-4-3-5-7-17/h3-11,14H,12-13H2,1-2H3,(H,24,29). The quantitative estimate of drug-likeness (QED) is 0.586. The third-order valence-corrected chi connectivity index (χ3v) is 7.15. The van der Waals surface area contributed by atoms with Crippen molar-refractivity contribution in [2.75, 3.05) is 18.0 Å². The molecule has 0 amide bonds. The average Bonchev–Trinajstić information content (AvgIpc) is 3.00. The highest BCUT2D eigenvalue weighted by Gasteiger charge is 2.32. The maximum absolute atomic E-state index is 13.5. The van der Waals surface area contributed by atoms with Crippen LogP contribution in [-0.4, -0.2) is 37.6 Å². The zero-order valence-electron chi connectivity index (χ0n) is 17.9. The summed E-state index contributed by atoms with van der Waals surface area (Å²) in [6.07, 6.45) is 1.27. The number of aromatic nitrogens is 2. The van der Waals surface area contributed by atoms with Crippen LogP contribution in [-0.2, 0) is 19.6 Å². The summed E-state index contributed by atoms with van der Waals surface area (Å²) < 4.78 is 33.6. The summed E-state index contributed by atoms with van der Waals surface area (Å²) in [7, 11) is -2.95. The molecular weight excluding hydrogens is 446 g/mol. The Hall–Kier alpha value is -3.92. The Kier molecular flexibility index (Phi) is 5.77. The van der Waals surface area contributed by atoms with Gasteiger partial charge in [-0.15, -0.1) is 0 Å². The van der Waals surface area contributed by atoms with Gasteiger partial charge in [-0.05, 0) is 43.7 Å². The summed E-state index contributed by atoms with van der Waals surface area (Å²) in [6.45, 7) is 1.66. The van der Waals surface area contributed by atoms with Crippen LogP contribution in [0.4, 0.5) is 5.82 Å². The van der Waals surface area contributed by atoms with Gasteiger partial charge in [-0.2, -0.15) is 0 Å². The molecule has 0 radical (unpaired) electrons. The monoisotopic (exact) mass is 467 g/mol. The SMILES string of the molecule is COC(=O)C1=Cc2c([nH]c(=O)n(-c3ccccc3)c2=O)N(S(=O)(=O)c2ccc(C)cc2)CC1. The van der Waals surface area contributed by atoms with Crippen LogP contribution in [0.15, 0.2) is 74.7 Å². The van der Waals surface area contributed by atoms with E-state index in [1.54, 1.807) is 42.5 Å². The first-order valence-corrected chi connectivity index (χ1v) is 11.5. The van der Waals surface area contributed by atoms with Crippen LogP contribution in [0.2, 0.25) is 0 Å². The Morgan fingerprint density at radius 3 is 2.33 bits per heavy atom. The number of carbonyl (C=O) groups is 1. The molecule has 0 spiro atoms. The van der Waals surface area contributed by atoms with Crippen molar-refractivity contribution in [3.05, 3.63) is 92.1 Å². The molecule has 0 bridgehead atoms. The number of fused-ring (bicyclic) bond motifs is 1. The van der Waals surface area contributed by atoms with E-state index < -0.39 is 27.2 Å². The van der Waals surface area contributed by atoms with E-state index in [1.807, 2.05) is 6.92 Å². The van der Waals surface area contributed by atoms with Crippen molar-refractivity contribution in [2.24, 2.45) is 0 Å². The molecule has 1 aromatic heterocycles. The molecule has 2 heterocycles. The van der Waals surface area contributed by atoms with Crippen molar-refractivity contribution in [3.8, 4) is 5.69 Å². The Balaban J connectivity index is 1.99. The fourth-order valence-electron chi connectivity index (χ4n) is 3.63. The summed E-state index contributed by atoms with van der Waals surface area (Å²) >= 11 is 0. The van der Waals surface area contributed by atoms with Crippen LogP contribution in [0.5, 0.6) is 0 Å². The number of H-pyrrole nitrogens is 1. The molecule has 4 rings (SSSR count). The molecule has 0 saturated heterocycles. The van der Waals surface area contributed by atoms with Crippen LogP contribution >= 0.6 is 0 Å². The summed E-state index contributed by atoms with van der Waals surface area (Å²) in [6, 6.07) is 14.4. The van der Waals surface area contributed by atoms with Gasteiger partial charge in [-0.3, -0.25) is 14.1 Å². The highest BCUT2D eigenvalue weighted by atomic mass is 32.2. The van der Waals surface area contributed by atoms with Gasteiger partial charge >= 0.3 is 11.7 Å². The lowest BCUT2D eigenvalue weighted by Crippen LogP contribution is -2.40. The Morgan fingerprint density at radius 2 is 1.70 bits per heavy atom. The number of ether oxygens (including phenoxy) is 1. The molecule has 0 atom stereocenters. The molecule has 1 aliphatic heterocycles. The number of anilines is 1. The number of aromatic amines is 1. The lowest BCUT2D eigenvalue weighted by Gasteiger charge is -2.24. The van der Waals surface area contributed by atoms with E-state index >= 15 is 0 Å². The normalized spacial score (nSPS) is 13.6. The number of nitrogens with one attached hydrogen (secondary N) is 1. The van der Waals surface area contributed by atoms with Crippen LogP contribution in [0, 0.1) is 6.92 Å². The van der Waals surface area contributed by atoms with Gasteiger partial charge in [-0.1, -0.05) is 35.9 Å². The second kappa shape index (κ2) is 8.55. The van der Waals surface area contributed by atoms with Gasteiger partial charge in [0, 0.05) is 12.1 Å². The first-order chi connectivity index (χ1) is 15.7. The highest BCUT2D eigenvalue weighted by molar-refractivity contribution is 7.92. The predicted molar refractivity (Wildman–Crippen MR) is 123 cm³/mol. The van der Waals surface area contributed by atoms with E-state index in [1.165, 1.54) is 25.3 Å². The molecule has 10 heteroatoms. The van der Waals surface area contributed by atoms with E-state index in [-0.39, 0.29) is 34.8 Å². The van der Waals surface area contributed by atoms with E-state index in [2.05, 4.69) is 4.98 Å². The number of rotatable bonds is 4. The van der Waals surface area contributed by atoms with E-state index in [4.69, 9.17) is 4.74 Å². The molecule has 0 fully saturated rings. The number of para-hydroxylation sites is 1. The van der Waals surface area contributed by atoms with Gasteiger partial charge in [0.15, 0.2) is 0 Å². The fraction of sp³-hybridized carbons (Fsp3) is 0.174. The smallest absolute Gasteiger partial charge is 0.334 e. The van der Waals surface area contributed by atoms with Crippen molar-refractivity contribution >= 4 is 27.9 Å². The minimum absolute atomic E-state index is 0.00588. The van der Waals surface area contributed by atoms with Crippen molar-refractivity contribution in [3.63, 3.8) is 0 Å². The van der Waals surface area contributed by atoms with E-state index in [0.29, 0.717) is 5.69 Å². The van der Waals surface area contributed by atoms with E-state index in [9.17, 15) is 22.8 Å². The molecule has 2 aromatic carbocycles. The zero-order valence-corrected chi connectivity index (χ0v) is 18.8. The molecule has 0 aliphatic carbocycles. The van der Waals surface area contributed by atoms with Crippen molar-refractivity contribution in [1.82, 2.24) is 9.55 Å². The molecule has 1 N–H and O–H groups in total. The van der Waals surface area contributed by atoms with Gasteiger partial charge < -0.3 is 4.74 Å². The summed E-state index contributed by atoms with van der Waals surface area (Å²) in [4.78, 5) is 41.2. The lowest BCUT2D eigenvalue weighted by atomic mass is 10.1. The van der Waals surface area contributed by atoms with Gasteiger partial charge in [0.1, 0.15) is 5.82 Å². The lowest BCUT2D eigenvalue weighted by molar-refractivity contribution is -0.136. The van der Waals surface area contributed by atoms with Crippen molar-refractivity contribution < 1.29 is 17.9 Å². The zero-order chi connectivity index (χ0) is 23.8. The predicted octanol–water partition coefficient (Wildman–Crippen LogP) is 1.99. The van der Waals surface area contributed by atoms with Gasteiger partial charge in [0.25, 0.3) is 15.6 Å². The molecule has 3 aromatic rings. The number of esters is 1. The minimum atomic E-state index is -4.15. The maximum atomic E-state index is 13.5. The fourth-order valence-corrected chi connectivity index (χ4v) is 5.08. The Morgan fingerprint density at radius 1 is 1.03 bits per heavy atom. The highest BCUT2D eigenvalue weighted by Crippen LogP contribution is 2.29. The molecule has 33 heavy (non-hydrogen) atoms. The third kappa shape index (κ3) is 4.00. The number of benzene rings is 2. The van der Waals surface area contributed by atoms with Gasteiger partial charge in [0.2, 0.25) is 0 Å². The number of methoxy groups -OCH3 is 1. The number of hydrogen-bond donors (Lipinski definition) is 1. The van der Waals surface area contributed by atoms with Crippen LogP contribution < -0.4 is 15.6 Å². The van der Waals surface area contributed by atoms with Crippen molar-refractivity contribution in [1.29, 1.82) is 0 Å². The van der Waals surface area contributed by atoms with Gasteiger partial charge in [0.05, 0.1) is 23.3 Å². The molecular formula is C23H21N3O6S. The van der Waals surface area contributed by atoms with E-state index in [0.717, 1.165) is 14.4 Å². The summed E-state index contributed by atoms with van der Waals surface area (Å²) in [5, 5.41) is 0.